The average Bonchev–Trinajstić information content (AvgIpc) is 2.37. The van der Waals surface area contributed by atoms with Gasteiger partial charge in [0.25, 0.3) is 10.1 Å². The molecule has 7 heteroatoms. The quantitative estimate of drug-likeness (QED) is 0.814. The summed E-state index contributed by atoms with van der Waals surface area (Å²) >= 11 is 0. The second-order valence-corrected chi connectivity index (χ2v) is 6.42. The van der Waals surface area contributed by atoms with Crippen LogP contribution in [-0.4, -0.2) is 26.0 Å². The summed E-state index contributed by atoms with van der Waals surface area (Å²) in [5.41, 5.74) is -0.615. The van der Waals surface area contributed by atoms with Gasteiger partial charge in [0, 0.05) is 11.5 Å². The molecule has 0 aromatic heterocycles. The maximum Gasteiger partial charge on any atom is 0.296 e. The van der Waals surface area contributed by atoms with Gasteiger partial charge in [-0.2, -0.15) is 8.42 Å². The summed E-state index contributed by atoms with van der Waals surface area (Å²) in [7, 11) is -3.08. The van der Waals surface area contributed by atoms with Gasteiger partial charge in [0.1, 0.15) is 10.6 Å². The molecule has 0 aliphatic carbocycles. The van der Waals surface area contributed by atoms with Gasteiger partial charge in [-0.15, -0.1) is 0 Å². The topological polar surface area (TPSA) is 92.7 Å². The maximum atomic E-state index is 12.1. The predicted octanol–water partition coefficient (Wildman–Crippen LogP) is 2.32. The van der Waals surface area contributed by atoms with Gasteiger partial charge < -0.3 is 10.1 Å². The van der Waals surface area contributed by atoms with Crippen LogP contribution >= 0.6 is 0 Å². The van der Waals surface area contributed by atoms with E-state index in [9.17, 15) is 17.8 Å². The van der Waals surface area contributed by atoms with Crippen molar-refractivity contribution in [3.8, 4) is 5.75 Å². The second kappa shape index (κ2) is 5.80. The third kappa shape index (κ3) is 3.71. The van der Waals surface area contributed by atoms with Crippen LogP contribution in [0, 0.1) is 5.41 Å². The van der Waals surface area contributed by atoms with E-state index in [1.54, 1.807) is 13.8 Å². The van der Waals surface area contributed by atoms with E-state index in [1.165, 1.54) is 19.2 Å². The summed E-state index contributed by atoms with van der Waals surface area (Å²) < 4.78 is 36.9. The van der Waals surface area contributed by atoms with Crippen molar-refractivity contribution in [2.45, 2.75) is 32.1 Å². The highest BCUT2D eigenvalue weighted by molar-refractivity contribution is 7.86. The number of carbonyl (C=O) groups excluding carboxylic acids is 1. The van der Waals surface area contributed by atoms with Crippen molar-refractivity contribution < 1.29 is 22.5 Å². The fourth-order valence-electron chi connectivity index (χ4n) is 1.40. The molecule has 0 saturated carbocycles. The molecule has 0 fully saturated rings. The molecule has 112 valence electrons. The number of hydrogen-bond acceptors (Lipinski definition) is 4. The number of amides is 1. The first kappa shape index (κ1) is 16.5. The molecular weight excluding hydrogens is 282 g/mol. The third-order valence-electron chi connectivity index (χ3n) is 3.21. The average molecular weight is 301 g/mol. The van der Waals surface area contributed by atoms with Crippen molar-refractivity contribution in [3.05, 3.63) is 18.2 Å². The molecule has 1 aromatic rings. The van der Waals surface area contributed by atoms with Crippen molar-refractivity contribution in [3.63, 3.8) is 0 Å². The maximum absolute atomic E-state index is 12.1. The van der Waals surface area contributed by atoms with Crippen molar-refractivity contribution >= 4 is 21.7 Å². The van der Waals surface area contributed by atoms with Gasteiger partial charge in [-0.3, -0.25) is 9.35 Å². The second-order valence-electron chi connectivity index (χ2n) is 5.03. The molecule has 0 atom stereocenters. The molecule has 0 aliphatic heterocycles. The molecule has 0 bridgehead atoms. The first-order chi connectivity index (χ1) is 9.11. The number of carbonyl (C=O) groups is 1. The predicted molar refractivity (Wildman–Crippen MR) is 75.5 cm³/mol. The number of methoxy groups -OCH3 is 1. The van der Waals surface area contributed by atoms with Crippen molar-refractivity contribution in [2.24, 2.45) is 5.41 Å². The smallest absolute Gasteiger partial charge is 0.296 e. The summed E-state index contributed by atoms with van der Waals surface area (Å²) in [4.78, 5) is 11.7. The summed E-state index contributed by atoms with van der Waals surface area (Å²) in [6.07, 6.45) is 0.593. The van der Waals surface area contributed by atoms with Crippen molar-refractivity contribution in [1.82, 2.24) is 0 Å². The number of hydrogen-bond donors (Lipinski definition) is 2. The highest BCUT2D eigenvalue weighted by Crippen LogP contribution is 2.29. The van der Waals surface area contributed by atoms with Gasteiger partial charge in [0.15, 0.2) is 0 Å². The summed E-state index contributed by atoms with van der Waals surface area (Å²) in [5, 5.41) is 2.53. The monoisotopic (exact) mass is 301 g/mol. The normalized spacial score (nSPS) is 12.1. The Kier molecular flexibility index (Phi) is 4.77. The Hall–Kier alpha value is -1.60. The van der Waals surface area contributed by atoms with E-state index in [4.69, 9.17) is 4.74 Å². The van der Waals surface area contributed by atoms with Gasteiger partial charge >= 0.3 is 0 Å². The van der Waals surface area contributed by atoms with E-state index in [0.29, 0.717) is 6.42 Å². The minimum absolute atomic E-state index is 0.0276. The lowest BCUT2D eigenvalue weighted by Gasteiger charge is -2.22. The van der Waals surface area contributed by atoms with Crippen LogP contribution < -0.4 is 10.1 Å². The molecule has 0 unspecified atom stereocenters. The van der Waals surface area contributed by atoms with Crippen LogP contribution in [0.5, 0.6) is 5.75 Å². The Balaban J connectivity index is 3.23. The highest BCUT2D eigenvalue weighted by atomic mass is 32.2. The molecule has 6 nitrogen and oxygen atoms in total. The van der Waals surface area contributed by atoms with Crippen LogP contribution in [0.15, 0.2) is 23.1 Å². The van der Waals surface area contributed by atoms with Crippen molar-refractivity contribution in [1.29, 1.82) is 0 Å². The largest absolute Gasteiger partial charge is 0.497 e. The molecule has 0 saturated heterocycles. The SMILES string of the molecule is CCC(C)(C)C(=O)Nc1ccc(OC)cc1S(=O)(=O)O. The lowest BCUT2D eigenvalue weighted by atomic mass is 9.89. The van der Waals surface area contributed by atoms with E-state index in [2.05, 4.69) is 5.32 Å². The summed E-state index contributed by atoms with van der Waals surface area (Å²) in [5.74, 6) is -0.0551. The zero-order chi connectivity index (χ0) is 15.6. The van der Waals surface area contributed by atoms with Gasteiger partial charge in [0.2, 0.25) is 5.91 Å². The zero-order valence-electron chi connectivity index (χ0n) is 11.9. The molecule has 0 radical (unpaired) electrons. The third-order valence-corrected chi connectivity index (χ3v) is 4.11. The van der Waals surface area contributed by atoms with Crippen molar-refractivity contribution in [2.75, 3.05) is 12.4 Å². The fourth-order valence-corrected chi connectivity index (χ4v) is 2.06. The molecule has 2 N–H and O–H groups in total. The number of anilines is 1. The van der Waals surface area contributed by atoms with Gasteiger partial charge in [0.05, 0.1) is 12.8 Å². The van der Waals surface area contributed by atoms with Crippen LogP contribution in [0.2, 0.25) is 0 Å². The lowest BCUT2D eigenvalue weighted by molar-refractivity contribution is -0.124. The van der Waals surface area contributed by atoms with Crippen LogP contribution in [0.25, 0.3) is 0 Å². The Morgan fingerprint density at radius 2 is 2.00 bits per heavy atom. The van der Waals surface area contributed by atoms with Crippen LogP contribution in [-0.2, 0) is 14.9 Å². The number of rotatable bonds is 5. The Morgan fingerprint density at radius 1 is 1.40 bits per heavy atom. The minimum atomic E-state index is -4.46. The van der Waals surface area contributed by atoms with E-state index < -0.39 is 20.4 Å². The van der Waals surface area contributed by atoms with E-state index in [-0.39, 0.29) is 17.3 Å². The molecule has 0 aliphatic rings. The van der Waals surface area contributed by atoms with E-state index in [1.807, 2.05) is 6.92 Å². The highest BCUT2D eigenvalue weighted by Gasteiger charge is 2.27. The van der Waals surface area contributed by atoms with Gasteiger partial charge in [-0.05, 0) is 18.6 Å². The molecule has 1 rings (SSSR count). The molecular formula is C13H19NO5S. The number of benzene rings is 1. The Morgan fingerprint density at radius 3 is 2.45 bits per heavy atom. The molecule has 20 heavy (non-hydrogen) atoms. The summed E-state index contributed by atoms with van der Waals surface area (Å²) in [6, 6.07) is 4.04. The molecule has 0 heterocycles. The number of nitrogens with one attached hydrogen (secondary N) is 1. The first-order valence-electron chi connectivity index (χ1n) is 6.09. The molecule has 1 aromatic carbocycles. The standard InChI is InChI=1S/C13H19NO5S/c1-5-13(2,3)12(15)14-10-7-6-9(19-4)8-11(10)20(16,17)18/h6-8H,5H2,1-4H3,(H,14,15)(H,16,17,18). The Labute approximate surface area is 118 Å². The zero-order valence-corrected chi connectivity index (χ0v) is 12.7. The van der Waals surface area contributed by atoms with Crippen LogP contribution in [0.3, 0.4) is 0 Å². The fraction of sp³-hybridized carbons (Fsp3) is 0.462. The van der Waals surface area contributed by atoms with Gasteiger partial charge in [-0.1, -0.05) is 20.8 Å². The van der Waals surface area contributed by atoms with Gasteiger partial charge in [-0.25, -0.2) is 0 Å². The summed E-state index contributed by atoms with van der Waals surface area (Å²) in [6.45, 7) is 5.36. The Bertz CT molecular complexity index is 607. The van der Waals surface area contributed by atoms with E-state index in [0.717, 1.165) is 6.07 Å². The van der Waals surface area contributed by atoms with E-state index >= 15 is 0 Å². The van der Waals surface area contributed by atoms with Crippen LogP contribution in [0.1, 0.15) is 27.2 Å². The molecule has 1 amide bonds. The lowest BCUT2D eigenvalue weighted by Crippen LogP contribution is -2.30. The molecule has 0 spiro atoms. The minimum Gasteiger partial charge on any atom is -0.497 e. The number of ether oxygens (including phenoxy) is 1. The first-order valence-corrected chi connectivity index (χ1v) is 7.53. The van der Waals surface area contributed by atoms with Crippen LogP contribution in [0.4, 0.5) is 5.69 Å².